The van der Waals surface area contributed by atoms with Crippen LogP contribution < -0.4 is 0 Å². The maximum Gasteiger partial charge on any atom is 0.126 e. The Morgan fingerprint density at radius 1 is 0.267 bits per heavy atom. The summed E-state index contributed by atoms with van der Waals surface area (Å²) in [5.41, 5.74) is 7.80. The molecule has 0 saturated carbocycles. The van der Waals surface area contributed by atoms with Gasteiger partial charge in [0.1, 0.15) is 11.6 Å². The molecule has 0 bridgehead atoms. The maximum absolute atomic E-state index is 15.9. The van der Waals surface area contributed by atoms with Gasteiger partial charge in [0.15, 0.2) is 0 Å². The van der Waals surface area contributed by atoms with Gasteiger partial charge in [0.25, 0.3) is 0 Å². The molecule has 11 aromatic carbocycles. The van der Waals surface area contributed by atoms with Crippen molar-refractivity contribution in [1.29, 1.82) is 0 Å². The first-order chi connectivity index (χ1) is 29.4. The molecule has 0 N–H and O–H groups in total. The van der Waals surface area contributed by atoms with Crippen LogP contribution in [0.15, 0.2) is 170 Å². The van der Waals surface area contributed by atoms with E-state index in [9.17, 15) is 0 Å². The summed E-state index contributed by atoms with van der Waals surface area (Å²) in [4.78, 5) is 0. The van der Waals surface area contributed by atoms with Gasteiger partial charge in [-0.05, 0) is 187 Å². The molecule has 282 valence electrons. The number of fused-ring (bicyclic) bond motifs is 18. The number of aromatic nitrogens is 2. The largest absolute Gasteiger partial charge is 0.309 e. The second-order valence-electron chi connectivity index (χ2n) is 16.4. The molecule has 0 atom stereocenters. The monoisotopic (exact) mass is 772 g/mol. The molecule has 4 heteroatoms. The highest BCUT2D eigenvalue weighted by atomic mass is 19.1. The van der Waals surface area contributed by atoms with Gasteiger partial charge in [-0.15, -0.1) is 0 Å². The van der Waals surface area contributed by atoms with Crippen molar-refractivity contribution >= 4 is 108 Å². The van der Waals surface area contributed by atoms with E-state index in [-0.39, 0.29) is 11.6 Å². The van der Waals surface area contributed by atoms with Crippen LogP contribution >= 0.6 is 0 Å². The first-order valence-corrected chi connectivity index (χ1v) is 20.5. The van der Waals surface area contributed by atoms with E-state index in [2.05, 4.69) is 143 Å². The molecule has 0 aliphatic heterocycles. The third-order valence-corrected chi connectivity index (χ3v) is 13.1. The Balaban J connectivity index is 1.24. The first-order valence-electron chi connectivity index (χ1n) is 20.5. The average Bonchev–Trinajstić information content (AvgIpc) is 3.78. The zero-order chi connectivity index (χ0) is 40.0. The fourth-order valence-electron chi connectivity index (χ4n) is 10.4. The maximum atomic E-state index is 15.9. The second-order valence-corrected chi connectivity index (χ2v) is 16.4. The lowest BCUT2D eigenvalue weighted by atomic mass is 9.87. The van der Waals surface area contributed by atoms with Gasteiger partial charge in [-0.25, -0.2) is 8.78 Å². The lowest BCUT2D eigenvalue weighted by Gasteiger charge is -2.17. The Morgan fingerprint density at radius 2 is 0.567 bits per heavy atom. The molecule has 0 saturated heterocycles. The van der Waals surface area contributed by atoms with Crippen LogP contribution in [0.5, 0.6) is 0 Å². The summed E-state index contributed by atoms with van der Waals surface area (Å²) in [7, 11) is 0. The van der Waals surface area contributed by atoms with E-state index in [1.54, 1.807) is 12.1 Å². The molecule has 0 unspecified atom stereocenters. The summed E-state index contributed by atoms with van der Waals surface area (Å²) < 4.78 is 36.5. The average molecular weight is 773 g/mol. The van der Waals surface area contributed by atoms with Crippen molar-refractivity contribution in [1.82, 2.24) is 9.13 Å². The van der Waals surface area contributed by atoms with Crippen LogP contribution in [0.2, 0.25) is 0 Å². The van der Waals surface area contributed by atoms with Gasteiger partial charge < -0.3 is 9.13 Å². The number of halogens is 2. The van der Waals surface area contributed by atoms with Crippen molar-refractivity contribution in [2.45, 2.75) is 13.8 Å². The van der Waals surface area contributed by atoms with Crippen molar-refractivity contribution in [3.05, 3.63) is 193 Å². The number of benzene rings is 11. The van der Waals surface area contributed by atoms with Crippen LogP contribution in [0.3, 0.4) is 0 Å². The van der Waals surface area contributed by atoms with Crippen molar-refractivity contribution in [2.24, 2.45) is 0 Å². The van der Waals surface area contributed by atoms with E-state index in [1.165, 1.54) is 0 Å². The zero-order valence-corrected chi connectivity index (χ0v) is 32.8. The summed E-state index contributed by atoms with van der Waals surface area (Å²) in [5, 5.41) is 16.5. The van der Waals surface area contributed by atoms with Crippen molar-refractivity contribution < 1.29 is 8.78 Å². The lowest BCUT2D eigenvalue weighted by molar-refractivity contribution is 0.620. The minimum absolute atomic E-state index is 0.237. The van der Waals surface area contributed by atoms with Crippen LogP contribution in [-0.2, 0) is 0 Å². The molecule has 0 aliphatic carbocycles. The summed E-state index contributed by atoms with van der Waals surface area (Å²) in [6, 6.07) is 59.3. The standard InChI is InChI=1S/C56H34F2N2/c1-31-21-37-45(27-51(31)57)41-23-40-42(24-39(41)43-25-49-35-17-9-11-19-53(35)59(55(49)29-47(37)43)33-13-5-3-6-14-33)46-28-52(58)32(2)22-38(46)48-30-56-50(26-44(40)48)36-18-10-12-20-54(36)60(56)34-15-7-4-8-16-34/h3-30H,1-2H3. The van der Waals surface area contributed by atoms with Crippen LogP contribution in [-0.4, -0.2) is 9.13 Å². The highest BCUT2D eigenvalue weighted by molar-refractivity contribution is 6.35. The topological polar surface area (TPSA) is 9.86 Å². The fraction of sp³-hybridized carbons (Fsp3) is 0.0357. The highest BCUT2D eigenvalue weighted by Crippen LogP contribution is 2.47. The Bertz CT molecular complexity index is 3760. The minimum Gasteiger partial charge on any atom is -0.309 e. The number of nitrogens with zero attached hydrogens (tertiary/aromatic N) is 2. The Hall–Kier alpha value is -7.56. The molecule has 60 heavy (non-hydrogen) atoms. The Morgan fingerprint density at radius 3 is 0.967 bits per heavy atom. The number of hydrogen-bond donors (Lipinski definition) is 0. The van der Waals surface area contributed by atoms with Crippen LogP contribution in [0.4, 0.5) is 8.78 Å². The van der Waals surface area contributed by atoms with Gasteiger partial charge in [0.05, 0.1) is 22.1 Å². The predicted molar refractivity (Wildman–Crippen MR) is 250 cm³/mol. The van der Waals surface area contributed by atoms with Crippen molar-refractivity contribution in [2.75, 3.05) is 0 Å². The zero-order valence-electron chi connectivity index (χ0n) is 32.8. The number of para-hydroxylation sites is 4. The molecular weight excluding hydrogens is 739 g/mol. The molecule has 13 aromatic rings. The lowest BCUT2D eigenvalue weighted by Crippen LogP contribution is -1.94. The van der Waals surface area contributed by atoms with Gasteiger partial charge in [0, 0.05) is 32.9 Å². The van der Waals surface area contributed by atoms with E-state index < -0.39 is 0 Å². The predicted octanol–water partition coefficient (Wildman–Crippen LogP) is 15.7. The Labute approximate surface area is 342 Å². The molecule has 0 spiro atoms. The smallest absolute Gasteiger partial charge is 0.126 e. The minimum atomic E-state index is -0.237. The van der Waals surface area contributed by atoms with Gasteiger partial charge >= 0.3 is 0 Å². The number of rotatable bonds is 2. The summed E-state index contributed by atoms with van der Waals surface area (Å²) in [6.07, 6.45) is 0. The normalized spacial score (nSPS) is 12.3. The summed E-state index contributed by atoms with van der Waals surface area (Å²) >= 11 is 0. The van der Waals surface area contributed by atoms with E-state index in [4.69, 9.17) is 0 Å². The quantitative estimate of drug-likeness (QED) is 0.122. The number of aryl methyl sites for hydroxylation is 2. The van der Waals surface area contributed by atoms with Crippen LogP contribution in [0, 0.1) is 25.5 Å². The molecule has 0 fully saturated rings. The molecular formula is C56H34F2N2. The van der Waals surface area contributed by atoms with E-state index in [0.29, 0.717) is 11.1 Å². The van der Waals surface area contributed by atoms with Crippen molar-refractivity contribution in [3.63, 3.8) is 0 Å². The molecule has 13 rings (SSSR count). The molecule has 2 nitrogen and oxygen atoms in total. The molecule has 2 heterocycles. The van der Waals surface area contributed by atoms with E-state index in [0.717, 1.165) is 120 Å². The van der Waals surface area contributed by atoms with Crippen LogP contribution in [0.25, 0.3) is 120 Å². The second kappa shape index (κ2) is 12.0. The fourth-order valence-corrected chi connectivity index (χ4v) is 10.4. The van der Waals surface area contributed by atoms with E-state index in [1.807, 2.05) is 38.1 Å². The van der Waals surface area contributed by atoms with Crippen molar-refractivity contribution in [3.8, 4) is 11.4 Å². The number of hydrogen-bond acceptors (Lipinski definition) is 0. The van der Waals surface area contributed by atoms with Gasteiger partial charge in [-0.3, -0.25) is 0 Å². The third-order valence-electron chi connectivity index (χ3n) is 13.1. The molecule has 0 radical (unpaired) electrons. The molecule has 2 aromatic heterocycles. The third kappa shape index (κ3) is 4.45. The van der Waals surface area contributed by atoms with E-state index >= 15 is 8.78 Å². The molecule has 0 aliphatic rings. The summed E-state index contributed by atoms with van der Waals surface area (Å²) in [6.45, 7) is 3.69. The SMILES string of the molecule is Cc1cc2c(cc1F)c1cc3c(cc1c1cc4c5ccccc5n(-c5ccccc5)c4cc21)c1cc(F)c(C)cc1c1cc2c(cc31)c1ccccc1n2-c1ccccc1. The van der Waals surface area contributed by atoms with Gasteiger partial charge in [0.2, 0.25) is 0 Å². The van der Waals surface area contributed by atoms with Crippen LogP contribution in [0.1, 0.15) is 11.1 Å². The first kappa shape index (κ1) is 33.4. The Kier molecular flexibility index (Phi) is 6.68. The van der Waals surface area contributed by atoms with Gasteiger partial charge in [-0.1, -0.05) is 72.8 Å². The van der Waals surface area contributed by atoms with Gasteiger partial charge in [-0.2, -0.15) is 0 Å². The highest BCUT2D eigenvalue weighted by Gasteiger charge is 2.21. The molecule has 0 amide bonds. The summed E-state index contributed by atoms with van der Waals surface area (Å²) in [5.74, 6) is -0.474.